The molecule has 0 bridgehead atoms. The van der Waals surface area contributed by atoms with Crippen molar-refractivity contribution in [3.63, 3.8) is 0 Å². The Kier molecular flexibility index (Phi) is 3.78. The zero-order valence-electron chi connectivity index (χ0n) is 9.91. The third-order valence-corrected chi connectivity index (χ3v) is 3.36. The van der Waals surface area contributed by atoms with Crippen LogP contribution in [-0.4, -0.2) is 33.4 Å². The van der Waals surface area contributed by atoms with Crippen LogP contribution in [0.25, 0.3) is 0 Å². The number of H-pyrrole nitrogens is 1. The van der Waals surface area contributed by atoms with Crippen LogP contribution < -0.4 is 5.32 Å². The Morgan fingerprint density at radius 3 is 2.71 bits per heavy atom. The fourth-order valence-electron chi connectivity index (χ4n) is 2.29. The third kappa shape index (κ3) is 3.30. The number of carbonyl (C=O) groups excluding carboxylic acids is 1. The average molecular weight is 237 g/mol. The minimum Gasteiger partial charge on any atom is -0.388 e. The molecule has 0 radical (unpaired) electrons. The molecule has 2 rings (SSSR count). The second kappa shape index (κ2) is 5.31. The number of nitrogens with zero attached hydrogens (tertiary/aromatic N) is 1. The number of nitrogens with one attached hydrogen (secondary N) is 2. The lowest BCUT2D eigenvalue weighted by molar-refractivity contribution is 0.0246. The normalized spacial score (nSPS) is 19.6. The van der Waals surface area contributed by atoms with Crippen LogP contribution in [0.5, 0.6) is 0 Å². The van der Waals surface area contributed by atoms with Gasteiger partial charge in [0.2, 0.25) is 0 Å². The van der Waals surface area contributed by atoms with Gasteiger partial charge in [0.15, 0.2) is 0 Å². The topological polar surface area (TPSA) is 78.0 Å². The van der Waals surface area contributed by atoms with E-state index in [1.807, 2.05) is 0 Å². The molecule has 3 N–H and O–H groups in total. The van der Waals surface area contributed by atoms with Crippen LogP contribution >= 0.6 is 0 Å². The van der Waals surface area contributed by atoms with Crippen molar-refractivity contribution in [1.82, 2.24) is 15.5 Å². The molecule has 1 amide bonds. The molecule has 1 heterocycles. The number of aromatic nitrogens is 2. The van der Waals surface area contributed by atoms with Gasteiger partial charge in [0, 0.05) is 12.7 Å². The van der Waals surface area contributed by atoms with Crippen molar-refractivity contribution in [2.24, 2.45) is 0 Å². The number of amides is 1. The first-order chi connectivity index (χ1) is 8.20. The number of rotatable bonds is 3. The molecule has 1 aliphatic carbocycles. The Labute approximate surface area is 101 Å². The summed E-state index contributed by atoms with van der Waals surface area (Å²) < 4.78 is 0. The third-order valence-electron chi connectivity index (χ3n) is 3.36. The number of hydrogen-bond acceptors (Lipinski definition) is 3. The maximum Gasteiger partial charge on any atom is 0.269 e. The summed E-state index contributed by atoms with van der Waals surface area (Å²) in [6, 6.07) is 1.62. The molecular weight excluding hydrogens is 218 g/mol. The molecule has 0 spiro atoms. The van der Waals surface area contributed by atoms with Crippen LogP contribution in [-0.2, 0) is 0 Å². The lowest BCUT2D eigenvalue weighted by Crippen LogP contribution is -2.42. The van der Waals surface area contributed by atoms with Crippen molar-refractivity contribution in [3.05, 3.63) is 18.0 Å². The van der Waals surface area contributed by atoms with Gasteiger partial charge in [-0.3, -0.25) is 9.89 Å². The Hall–Kier alpha value is -1.36. The summed E-state index contributed by atoms with van der Waals surface area (Å²) in [5, 5.41) is 19.4. The molecule has 1 fully saturated rings. The summed E-state index contributed by atoms with van der Waals surface area (Å²) in [5.74, 6) is -0.208. The van der Waals surface area contributed by atoms with Crippen molar-refractivity contribution < 1.29 is 9.90 Å². The minimum atomic E-state index is -0.730. The molecule has 94 valence electrons. The molecule has 0 aliphatic heterocycles. The monoisotopic (exact) mass is 237 g/mol. The van der Waals surface area contributed by atoms with E-state index in [9.17, 15) is 9.90 Å². The minimum absolute atomic E-state index is 0.208. The van der Waals surface area contributed by atoms with E-state index in [2.05, 4.69) is 15.5 Å². The first-order valence-electron chi connectivity index (χ1n) is 6.20. The van der Waals surface area contributed by atoms with E-state index < -0.39 is 5.60 Å². The quantitative estimate of drug-likeness (QED) is 0.692. The molecule has 1 aliphatic rings. The highest BCUT2D eigenvalue weighted by molar-refractivity contribution is 5.92. The maximum atomic E-state index is 11.7. The van der Waals surface area contributed by atoms with Gasteiger partial charge in [-0.15, -0.1) is 0 Å². The zero-order chi connectivity index (χ0) is 12.1. The lowest BCUT2D eigenvalue weighted by atomic mass is 9.94. The van der Waals surface area contributed by atoms with Gasteiger partial charge in [-0.25, -0.2) is 0 Å². The Morgan fingerprint density at radius 1 is 1.41 bits per heavy atom. The number of carbonyl (C=O) groups is 1. The zero-order valence-corrected chi connectivity index (χ0v) is 9.91. The van der Waals surface area contributed by atoms with Gasteiger partial charge in [-0.1, -0.05) is 25.7 Å². The van der Waals surface area contributed by atoms with Crippen LogP contribution in [0.2, 0.25) is 0 Å². The summed E-state index contributed by atoms with van der Waals surface area (Å²) in [4.78, 5) is 11.7. The Balaban J connectivity index is 1.86. The van der Waals surface area contributed by atoms with Crippen molar-refractivity contribution in [3.8, 4) is 0 Å². The van der Waals surface area contributed by atoms with Gasteiger partial charge >= 0.3 is 0 Å². The Bertz CT molecular complexity index is 354. The predicted octanol–water partition coefficient (Wildman–Crippen LogP) is 1.22. The smallest absolute Gasteiger partial charge is 0.269 e. The summed E-state index contributed by atoms with van der Waals surface area (Å²) >= 11 is 0. The molecule has 5 nitrogen and oxygen atoms in total. The summed E-state index contributed by atoms with van der Waals surface area (Å²) in [6.45, 7) is 0.324. The van der Waals surface area contributed by atoms with Gasteiger partial charge in [0.05, 0.1) is 5.60 Å². The van der Waals surface area contributed by atoms with Crippen molar-refractivity contribution in [2.45, 2.75) is 44.1 Å². The standard InChI is InChI=1S/C12H19N3O2/c16-11(10-5-8-14-15-10)13-9-12(17)6-3-1-2-4-7-12/h5,8,17H,1-4,6-7,9H2,(H,13,16)(H,14,15). The molecule has 1 saturated carbocycles. The van der Waals surface area contributed by atoms with Gasteiger partial charge in [0.1, 0.15) is 5.69 Å². The first kappa shape index (κ1) is 12.1. The van der Waals surface area contributed by atoms with E-state index in [4.69, 9.17) is 0 Å². The predicted molar refractivity (Wildman–Crippen MR) is 63.6 cm³/mol. The number of aliphatic hydroxyl groups is 1. The van der Waals surface area contributed by atoms with Gasteiger partial charge in [-0.05, 0) is 18.9 Å². The molecule has 0 saturated heterocycles. The van der Waals surface area contributed by atoms with Gasteiger partial charge in [0.25, 0.3) is 5.91 Å². The van der Waals surface area contributed by atoms with E-state index >= 15 is 0 Å². The molecule has 0 aromatic carbocycles. The number of hydrogen-bond donors (Lipinski definition) is 3. The fraction of sp³-hybridized carbons (Fsp3) is 0.667. The molecule has 5 heteroatoms. The highest BCUT2D eigenvalue weighted by Crippen LogP contribution is 2.26. The van der Waals surface area contributed by atoms with E-state index in [-0.39, 0.29) is 5.91 Å². The van der Waals surface area contributed by atoms with Crippen LogP contribution in [0.1, 0.15) is 49.0 Å². The van der Waals surface area contributed by atoms with Crippen LogP contribution in [0, 0.1) is 0 Å². The molecule has 1 aromatic heterocycles. The van der Waals surface area contributed by atoms with E-state index in [1.54, 1.807) is 6.07 Å². The second-order valence-electron chi connectivity index (χ2n) is 4.79. The van der Waals surface area contributed by atoms with E-state index in [0.29, 0.717) is 12.2 Å². The molecule has 0 atom stereocenters. The Morgan fingerprint density at radius 2 is 2.12 bits per heavy atom. The van der Waals surface area contributed by atoms with Gasteiger partial charge in [-0.2, -0.15) is 5.10 Å². The van der Waals surface area contributed by atoms with Crippen LogP contribution in [0.3, 0.4) is 0 Å². The van der Waals surface area contributed by atoms with E-state index in [0.717, 1.165) is 25.7 Å². The average Bonchev–Trinajstić information content (AvgIpc) is 2.77. The molecular formula is C12H19N3O2. The SMILES string of the molecule is O=C(NCC1(O)CCCCCC1)c1ccn[nH]1. The van der Waals surface area contributed by atoms with Crippen LogP contribution in [0.4, 0.5) is 0 Å². The highest BCUT2D eigenvalue weighted by Gasteiger charge is 2.28. The molecule has 17 heavy (non-hydrogen) atoms. The van der Waals surface area contributed by atoms with Crippen LogP contribution in [0.15, 0.2) is 12.3 Å². The summed E-state index contributed by atoms with van der Waals surface area (Å²) in [6.07, 6.45) is 7.52. The first-order valence-corrected chi connectivity index (χ1v) is 6.20. The highest BCUT2D eigenvalue weighted by atomic mass is 16.3. The largest absolute Gasteiger partial charge is 0.388 e. The van der Waals surface area contributed by atoms with E-state index in [1.165, 1.54) is 19.0 Å². The summed E-state index contributed by atoms with van der Waals surface area (Å²) in [7, 11) is 0. The van der Waals surface area contributed by atoms with Crippen molar-refractivity contribution in [1.29, 1.82) is 0 Å². The van der Waals surface area contributed by atoms with Crippen molar-refractivity contribution >= 4 is 5.91 Å². The molecule has 0 unspecified atom stereocenters. The van der Waals surface area contributed by atoms with Crippen molar-refractivity contribution in [2.75, 3.05) is 6.54 Å². The lowest BCUT2D eigenvalue weighted by Gasteiger charge is -2.26. The van der Waals surface area contributed by atoms with Gasteiger partial charge < -0.3 is 10.4 Å². The summed E-state index contributed by atoms with van der Waals surface area (Å²) in [5.41, 5.74) is -0.297. The fourth-order valence-corrected chi connectivity index (χ4v) is 2.29. The second-order valence-corrected chi connectivity index (χ2v) is 4.79. The maximum absolute atomic E-state index is 11.7. The molecule has 1 aromatic rings. The number of aromatic amines is 1.